The number of benzene rings is 1. The van der Waals surface area contributed by atoms with Crippen LogP contribution >= 0.6 is 22.9 Å². The maximum Gasteiger partial charge on any atom is 0.490 e. The van der Waals surface area contributed by atoms with Gasteiger partial charge in [-0.05, 0) is 42.8 Å². The van der Waals surface area contributed by atoms with Crippen LogP contribution in [0.25, 0.3) is 5.69 Å². The highest BCUT2D eigenvalue weighted by atomic mass is 35.5. The first-order valence-corrected chi connectivity index (χ1v) is 11.3. The topological polar surface area (TPSA) is 148 Å². The number of nitrogens with zero attached hydrogens (tertiary/aromatic N) is 2. The zero-order chi connectivity index (χ0) is 26.6. The van der Waals surface area contributed by atoms with E-state index in [0.717, 1.165) is 5.69 Å². The van der Waals surface area contributed by atoms with Crippen LogP contribution in [-0.4, -0.2) is 46.2 Å². The zero-order valence-electron chi connectivity index (χ0n) is 18.1. The van der Waals surface area contributed by atoms with Crippen molar-refractivity contribution in [1.82, 2.24) is 9.88 Å². The first-order valence-electron chi connectivity index (χ1n) is 10.1. The standard InChI is InChI=1S/C19H17ClN4O4S.C2HF3O2/c20-16-6-5-15(29-16)17(25)22-9-13-10-24(19(27)28-13)12-3-1-11(2-4-12)23-8-7-14(21)18(23)26;3-2(4,5)1(6)7/h1-6,10,14H,7-9,21H2,(H,22,25);(H,6,7)/t14-;/m1./s1. The molecular weight excluding hydrogens is 529 g/mol. The maximum absolute atomic E-state index is 12.2. The van der Waals surface area contributed by atoms with Crippen LogP contribution in [0.3, 0.4) is 0 Å². The van der Waals surface area contributed by atoms with E-state index in [0.29, 0.717) is 33.6 Å². The lowest BCUT2D eigenvalue weighted by atomic mass is 10.2. The van der Waals surface area contributed by atoms with Crippen LogP contribution in [0.15, 0.2) is 51.8 Å². The number of thiophene rings is 1. The van der Waals surface area contributed by atoms with Crippen LogP contribution in [0.4, 0.5) is 18.9 Å². The van der Waals surface area contributed by atoms with Gasteiger partial charge in [-0.25, -0.2) is 14.2 Å². The predicted octanol–water partition coefficient (Wildman–Crippen LogP) is 2.77. The van der Waals surface area contributed by atoms with Crippen LogP contribution in [-0.2, 0) is 16.1 Å². The number of aromatic nitrogens is 1. The molecule has 10 nitrogen and oxygen atoms in total. The fourth-order valence-corrected chi connectivity index (χ4v) is 4.05. The molecule has 192 valence electrons. The molecule has 36 heavy (non-hydrogen) atoms. The number of nitrogens with two attached hydrogens (primary N) is 1. The molecule has 0 saturated carbocycles. The van der Waals surface area contributed by atoms with Gasteiger partial charge in [0, 0.05) is 12.2 Å². The molecule has 1 aromatic carbocycles. The maximum atomic E-state index is 12.2. The van der Waals surface area contributed by atoms with E-state index < -0.39 is 23.9 Å². The third-order valence-corrected chi connectivity index (χ3v) is 6.07. The van der Waals surface area contributed by atoms with Crippen molar-refractivity contribution in [3.63, 3.8) is 0 Å². The number of nitrogens with one attached hydrogen (secondary N) is 1. The van der Waals surface area contributed by atoms with Gasteiger partial charge in [-0.2, -0.15) is 13.2 Å². The molecule has 4 N–H and O–H groups in total. The lowest BCUT2D eigenvalue weighted by molar-refractivity contribution is -0.192. The summed E-state index contributed by atoms with van der Waals surface area (Å²) in [6, 6.07) is 9.76. The molecule has 2 amide bonds. The summed E-state index contributed by atoms with van der Waals surface area (Å²) < 4.78 is 38.8. The Hall–Kier alpha value is -3.62. The Labute approximate surface area is 209 Å². The average Bonchev–Trinajstić information content (AvgIpc) is 3.51. The number of oxazole rings is 1. The number of aliphatic carboxylic acids is 1. The zero-order valence-corrected chi connectivity index (χ0v) is 19.7. The molecule has 1 saturated heterocycles. The van der Waals surface area contributed by atoms with Gasteiger partial charge in [0.2, 0.25) is 5.91 Å². The van der Waals surface area contributed by atoms with E-state index in [-0.39, 0.29) is 18.4 Å². The van der Waals surface area contributed by atoms with E-state index in [4.69, 9.17) is 31.7 Å². The third-order valence-electron chi connectivity index (χ3n) is 4.84. The Balaban J connectivity index is 0.000000454. The number of carboxylic acids is 1. The van der Waals surface area contributed by atoms with Gasteiger partial charge in [0.15, 0.2) is 0 Å². The van der Waals surface area contributed by atoms with Gasteiger partial charge >= 0.3 is 17.9 Å². The SMILES string of the molecule is N[C@@H]1CCN(c2ccc(-n3cc(CNC(=O)c4ccc(Cl)s4)oc3=O)cc2)C1=O.O=C(O)C(F)(F)F. The summed E-state index contributed by atoms with van der Waals surface area (Å²) >= 11 is 7.00. The summed E-state index contributed by atoms with van der Waals surface area (Å²) in [6.45, 7) is 0.638. The molecule has 1 atom stereocenters. The molecule has 0 unspecified atom stereocenters. The molecule has 0 spiro atoms. The number of rotatable bonds is 5. The lowest BCUT2D eigenvalue weighted by Gasteiger charge is -2.16. The quantitative estimate of drug-likeness (QED) is 0.445. The van der Waals surface area contributed by atoms with Gasteiger partial charge in [-0.15, -0.1) is 11.3 Å². The molecule has 1 aliphatic heterocycles. The normalized spacial score (nSPS) is 15.4. The largest absolute Gasteiger partial charge is 0.490 e. The highest BCUT2D eigenvalue weighted by Crippen LogP contribution is 2.23. The Kier molecular flexibility index (Phi) is 8.22. The summed E-state index contributed by atoms with van der Waals surface area (Å²) in [5, 5.41) is 9.81. The van der Waals surface area contributed by atoms with E-state index in [2.05, 4.69) is 5.32 Å². The number of carbonyl (C=O) groups excluding carboxylic acids is 2. The molecule has 0 aliphatic carbocycles. The average molecular weight is 547 g/mol. The molecule has 0 radical (unpaired) electrons. The van der Waals surface area contributed by atoms with E-state index in [1.165, 1.54) is 22.1 Å². The second-order valence-electron chi connectivity index (χ2n) is 7.32. The van der Waals surface area contributed by atoms with Gasteiger partial charge in [-0.3, -0.25) is 9.59 Å². The number of anilines is 1. The second-order valence-corrected chi connectivity index (χ2v) is 9.04. The van der Waals surface area contributed by atoms with Gasteiger partial charge in [0.1, 0.15) is 5.76 Å². The third kappa shape index (κ3) is 6.53. The highest BCUT2D eigenvalue weighted by molar-refractivity contribution is 7.17. The minimum Gasteiger partial charge on any atom is -0.475 e. The highest BCUT2D eigenvalue weighted by Gasteiger charge is 2.38. The van der Waals surface area contributed by atoms with Crippen molar-refractivity contribution in [1.29, 1.82) is 0 Å². The molecule has 1 aliphatic rings. The van der Waals surface area contributed by atoms with Crippen molar-refractivity contribution in [2.45, 2.75) is 25.2 Å². The Bertz CT molecular complexity index is 1320. The van der Waals surface area contributed by atoms with Crippen LogP contribution in [0.5, 0.6) is 0 Å². The van der Waals surface area contributed by atoms with Crippen LogP contribution < -0.4 is 21.7 Å². The summed E-state index contributed by atoms with van der Waals surface area (Å²) in [4.78, 5) is 47.3. The number of hydrogen-bond acceptors (Lipinski definition) is 7. The smallest absolute Gasteiger partial charge is 0.475 e. The fourth-order valence-electron chi connectivity index (χ4n) is 3.09. The summed E-state index contributed by atoms with van der Waals surface area (Å²) in [5.74, 6) is -3.41. The van der Waals surface area contributed by atoms with E-state index in [9.17, 15) is 27.6 Å². The molecule has 0 bridgehead atoms. The van der Waals surface area contributed by atoms with Gasteiger partial charge in [0.25, 0.3) is 5.91 Å². The number of amides is 2. The molecule has 3 aromatic rings. The molecular formula is C21H18ClF3N4O6S. The first-order chi connectivity index (χ1) is 16.9. The van der Waals surface area contributed by atoms with E-state index in [1.54, 1.807) is 41.3 Å². The molecule has 3 heterocycles. The Morgan fingerprint density at radius 2 is 1.78 bits per heavy atom. The number of carboxylic acid groups (broad SMARTS) is 1. The molecule has 2 aromatic heterocycles. The number of halogens is 4. The Morgan fingerprint density at radius 1 is 1.17 bits per heavy atom. The van der Waals surface area contributed by atoms with Crippen molar-refractivity contribution < 1.29 is 37.1 Å². The van der Waals surface area contributed by atoms with Crippen molar-refractivity contribution >= 4 is 46.4 Å². The monoisotopic (exact) mass is 546 g/mol. The number of hydrogen-bond donors (Lipinski definition) is 3. The summed E-state index contributed by atoms with van der Waals surface area (Å²) in [6.07, 6.45) is -2.94. The van der Waals surface area contributed by atoms with E-state index in [1.807, 2.05) is 0 Å². The fraction of sp³-hybridized carbons (Fsp3) is 0.238. The Morgan fingerprint density at radius 3 is 2.28 bits per heavy atom. The van der Waals surface area contributed by atoms with Crippen molar-refractivity contribution in [3.05, 3.63) is 68.1 Å². The molecule has 15 heteroatoms. The number of carbonyl (C=O) groups is 3. The molecule has 1 fully saturated rings. The lowest BCUT2D eigenvalue weighted by Crippen LogP contribution is -2.33. The minimum atomic E-state index is -5.08. The summed E-state index contributed by atoms with van der Waals surface area (Å²) in [5.41, 5.74) is 7.06. The number of alkyl halides is 3. The van der Waals surface area contributed by atoms with Gasteiger partial charge in [-0.1, -0.05) is 11.6 Å². The van der Waals surface area contributed by atoms with Gasteiger partial charge in [0.05, 0.1) is 33.7 Å². The van der Waals surface area contributed by atoms with Crippen molar-refractivity contribution in [3.8, 4) is 5.69 Å². The van der Waals surface area contributed by atoms with Gasteiger partial charge < -0.3 is 25.5 Å². The van der Waals surface area contributed by atoms with Crippen LogP contribution in [0, 0.1) is 0 Å². The van der Waals surface area contributed by atoms with E-state index >= 15 is 0 Å². The first kappa shape index (κ1) is 27.0. The van der Waals surface area contributed by atoms with Crippen LogP contribution in [0.1, 0.15) is 21.9 Å². The van der Waals surface area contributed by atoms with Crippen molar-refractivity contribution in [2.75, 3.05) is 11.4 Å². The second kappa shape index (κ2) is 11.0. The minimum absolute atomic E-state index is 0.0643. The summed E-state index contributed by atoms with van der Waals surface area (Å²) in [7, 11) is 0. The van der Waals surface area contributed by atoms with Crippen molar-refractivity contribution in [2.24, 2.45) is 5.73 Å². The predicted molar refractivity (Wildman–Crippen MR) is 123 cm³/mol. The van der Waals surface area contributed by atoms with Crippen LogP contribution in [0.2, 0.25) is 4.34 Å². The molecule has 4 rings (SSSR count).